The van der Waals surface area contributed by atoms with Crippen LogP contribution in [-0.2, 0) is 35.9 Å². The molecule has 0 saturated heterocycles. The van der Waals surface area contributed by atoms with Gasteiger partial charge in [0.05, 0.1) is 14.2 Å². The number of carbonyl (C=O) groups excluding carboxylic acids is 3. The van der Waals surface area contributed by atoms with Crippen LogP contribution >= 0.6 is 22.6 Å². The lowest BCUT2D eigenvalue weighted by molar-refractivity contribution is -0.165. The fraction of sp³-hybridized carbons (Fsp3) is 0.182. The highest BCUT2D eigenvalue weighted by molar-refractivity contribution is 14.1. The van der Waals surface area contributed by atoms with Crippen LogP contribution in [0.25, 0.3) is 0 Å². The molecule has 0 radical (unpaired) electrons. The average Bonchev–Trinajstić information content (AvgIpc) is 3.03. The number of benzene rings is 4. The molecule has 5 rings (SSSR count). The van der Waals surface area contributed by atoms with Crippen LogP contribution < -0.4 is 0 Å². The summed E-state index contributed by atoms with van der Waals surface area (Å²) < 4.78 is 17.6. The monoisotopic (exact) mass is 661 g/mol. The van der Waals surface area contributed by atoms with E-state index in [1.54, 1.807) is 36.4 Å². The number of halogens is 1. The van der Waals surface area contributed by atoms with Gasteiger partial charge in [-0.15, -0.1) is 0 Å². The van der Waals surface area contributed by atoms with E-state index in [-0.39, 0.29) is 6.61 Å². The third kappa shape index (κ3) is 5.08. The molecule has 0 aromatic heterocycles. The molecule has 0 bridgehead atoms. The van der Waals surface area contributed by atoms with Gasteiger partial charge in [-0.05, 0) is 62.5 Å². The number of methoxy groups -OCH3 is 2. The van der Waals surface area contributed by atoms with E-state index in [1.807, 2.05) is 72.8 Å². The molecule has 1 aliphatic heterocycles. The molecule has 1 amide bonds. The van der Waals surface area contributed by atoms with E-state index < -0.39 is 35.5 Å². The molecule has 4 aromatic carbocycles. The topological polar surface area (TPSA) is 82.1 Å². The van der Waals surface area contributed by atoms with Crippen molar-refractivity contribution >= 4 is 40.6 Å². The average molecular weight is 661 g/mol. The molecule has 1 heterocycles. The van der Waals surface area contributed by atoms with E-state index in [1.165, 1.54) is 19.1 Å². The molecule has 7 nitrogen and oxygen atoms in total. The van der Waals surface area contributed by atoms with E-state index in [0.29, 0.717) is 16.7 Å². The Morgan fingerprint density at radius 1 is 0.756 bits per heavy atom. The number of amides is 1. The van der Waals surface area contributed by atoms with Crippen LogP contribution in [-0.4, -0.2) is 37.2 Å². The fourth-order valence-corrected chi connectivity index (χ4v) is 6.04. The molecule has 0 aliphatic carbocycles. The SMILES string of the molecule is COC(=O)[C@@H]1c2ccccc2[C@@H](c2ccc(I)cc2)[C@](C(=O)OC)(c2ccccc2)N1C(=O)OCc1ccccc1. The molecule has 0 unspecified atom stereocenters. The van der Waals surface area contributed by atoms with E-state index in [0.717, 1.165) is 14.7 Å². The van der Waals surface area contributed by atoms with Crippen LogP contribution in [0.2, 0.25) is 0 Å². The van der Waals surface area contributed by atoms with Gasteiger partial charge in [0.2, 0.25) is 0 Å². The lowest BCUT2D eigenvalue weighted by Gasteiger charge is -2.52. The molecule has 0 fully saturated rings. The van der Waals surface area contributed by atoms with Gasteiger partial charge in [0, 0.05) is 9.49 Å². The third-order valence-electron chi connectivity index (χ3n) is 7.40. The van der Waals surface area contributed by atoms with E-state index >= 15 is 0 Å². The maximum absolute atomic E-state index is 14.4. The van der Waals surface area contributed by atoms with Gasteiger partial charge in [-0.3, -0.25) is 4.90 Å². The predicted molar refractivity (Wildman–Crippen MR) is 161 cm³/mol. The first kappa shape index (κ1) is 28.4. The molecule has 1 aliphatic rings. The lowest BCUT2D eigenvalue weighted by atomic mass is 9.65. The Hall–Kier alpha value is -4.18. The van der Waals surface area contributed by atoms with E-state index in [9.17, 15) is 14.4 Å². The third-order valence-corrected chi connectivity index (χ3v) is 8.12. The van der Waals surface area contributed by atoms with Gasteiger partial charge >= 0.3 is 18.0 Å². The predicted octanol–water partition coefficient (Wildman–Crippen LogP) is 6.36. The van der Waals surface area contributed by atoms with Crippen molar-refractivity contribution in [3.05, 3.63) is 141 Å². The van der Waals surface area contributed by atoms with Crippen LogP contribution in [0.3, 0.4) is 0 Å². The van der Waals surface area contributed by atoms with Gasteiger partial charge in [0.1, 0.15) is 6.61 Å². The van der Waals surface area contributed by atoms with Gasteiger partial charge in [-0.2, -0.15) is 0 Å². The summed E-state index contributed by atoms with van der Waals surface area (Å²) in [5, 5.41) is 0. The van der Waals surface area contributed by atoms with E-state index in [4.69, 9.17) is 14.2 Å². The molecule has 0 spiro atoms. The maximum atomic E-state index is 14.4. The van der Waals surface area contributed by atoms with Crippen LogP contribution in [0.4, 0.5) is 4.79 Å². The number of esters is 2. The second-order valence-corrected chi connectivity index (χ2v) is 10.8. The highest BCUT2D eigenvalue weighted by Crippen LogP contribution is 2.55. The number of rotatable bonds is 6. The van der Waals surface area contributed by atoms with Crippen LogP contribution in [0.15, 0.2) is 109 Å². The van der Waals surface area contributed by atoms with Gasteiger partial charge in [0.15, 0.2) is 11.6 Å². The van der Waals surface area contributed by atoms with Crippen molar-refractivity contribution in [2.45, 2.75) is 24.1 Å². The number of nitrogens with zero attached hydrogens (tertiary/aromatic N) is 1. The second-order valence-electron chi connectivity index (χ2n) is 9.57. The van der Waals surface area contributed by atoms with Gasteiger partial charge in [0.25, 0.3) is 0 Å². The Balaban J connectivity index is 1.84. The molecule has 4 aromatic rings. The summed E-state index contributed by atoms with van der Waals surface area (Å²) in [7, 11) is 2.53. The van der Waals surface area contributed by atoms with Crippen LogP contribution in [0, 0.1) is 3.57 Å². The Labute approximate surface area is 252 Å². The molecular weight excluding hydrogens is 633 g/mol. The minimum absolute atomic E-state index is 0.0635. The molecular formula is C33H28INO6. The number of fused-ring (bicyclic) bond motifs is 1. The van der Waals surface area contributed by atoms with Crippen molar-refractivity contribution in [3.63, 3.8) is 0 Å². The van der Waals surface area contributed by atoms with Gasteiger partial charge in [-0.1, -0.05) is 97.1 Å². The Morgan fingerprint density at radius 2 is 1.34 bits per heavy atom. The zero-order chi connectivity index (χ0) is 29.0. The molecule has 8 heteroatoms. The van der Waals surface area contributed by atoms with Crippen LogP contribution in [0.1, 0.15) is 39.8 Å². The van der Waals surface area contributed by atoms with Crippen molar-refractivity contribution in [1.82, 2.24) is 4.90 Å². The molecule has 208 valence electrons. The summed E-state index contributed by atoms with van der Waals surface area (Å²) in [4.78, 5) is 43.5. The van der Waals surface area contributed by atoms with Crippen molar-refractivity contribution < 1.29 is 28.6 Å². The first-order valence-electron chi connectivity index (χ1n) is 13.0. The zero-order valence-electron chi connectivity index (χ0n) is 22.5. The molecule has 3 atom stereocenters. The summed E-state index contributed by atoms with van der Waals surface area (Å²) >= 11 is 2.22. The largest absolute Gasteiger partial charge is 0.467 e. The van der Waals surface area contributed by atoms with Gasteiger partial charge < -0.3 is 14.2 Å². The molecule has 41 heavy (non-hydrogen) atoms. The molecule has 0 saturated carbocycles. The summed E-state index contributed by atoms with van der Waals surface area (Å²) in [5.74, 6) is -2.18. The van der Waals surface area contributed by atoms with Crippen molar-refractivity contribution in [3.8, 4) is 0 Å². The Bertz CT molecular complexity index is 1540. The zero-order valence-corrected chi connectivity index (χ0v) is 24.7. The quantitative estimate of drug-likeness (QED) is 0.136. The smallest absolute Gasteiger partial charge is 0.412 e. The first-order chi connectivity index (χ1) is 19.9. The summed E-state index contributed by atoms with van der Waals surface area (Å²) in [6, 6.07) is 31.9. The number of hydrogen-bond acceptors (Lipinski definition) is 6. The van der Waals surface area contributed by atoms with Gasteiger partial charge in [-0.25, -0.2) is 14.4 Å². The first-order valence-corrected chi connectivity index (χ1v) is 14.1. The maximum Gasteiger partial charge on any atom is 0.412 e. The second kappa shape index (κ2) is 12.1. The minimum Gasteiger partial charge on any atom is -0.467 e. The highest BCUT2D eigenvalue weighted by atomic mass is 127. The fourth-order valence-electron chi connectivity index (χ4n) is 5.68. The summed E-state index contributed by atoms with van der Waals surface area (Å²) in [6.45, 7) is -0.0635. The normalized spacial score (nSPS) is 19.5. The Morgan fingerprint density at radius 3 is 1.95 bits per heavy atom. The number of ether oxygens (including phenoxy) is 3. The van der Waals surface area contributed by atoms with E-state index in [2.05, 4.69) is 22.6 Å². The van der Waals surface area contributed by atoms with Crippen molar-refractivity contribution in [1.29, 1.82) is 0 Å². The highest BCUT2D eigenvalue weighted by Gasteiger charge is 2.63. The van der Waals surface area contributed by atoms with Crippen LogP contribution in [0.5, 0.6) is 0 Å². The molecule has 0 N–H and O–H groups in total. The standard InChI is InChI=1S/C33H28INO6/c1-39-30(36)29-27-16-10-9-15-26(27)28(23-17-19-25(34)20-18-23)33(31(37)40-2,24-13-7-4-8-14-24)35(29)32(38)41-21-22-11-5-3-6-12-22/h3-20,28-29H,21H2,1-2H3/t28-,29+,33+/m1/s1. The minimum atomic E-state index is -1.83. The lowest BCUT2D eigenvalue weighted by Crippen LogP contribution is -2.63. The van der Waals surface area contributed by atoms with Crippen molar-refractivity contribution in [2.75, 3.05) is 14.2 Å². The number of carbonyl (C=O) groups is 3. The number of hydrogen-bond donors (Lipinski definition) is 0. The Kier molecular flexibility index (Phi) is 8.39. The summed E-state index contributed by atoms with van der Waals surface area (Å²) in [6.07, 6.45) is -0.858. The van der Waals surface area contributed by atoms with Crippen molar-refractivity contribution in [2.24, 2.45) is 0 Å². The summed E-state index contributed by atoms with van der Waals surface area (Å²) in [5.41, 5.74) is 1.39.